The van der Waals surface area contributed by atoms with E-state index in [2.05, 4.69) is 0 Å². The molecule has 0 aliphatic rings. The number of benzene rings is 1. The molecule has 0 aromatic heterocycles. The molecule has 1 N–H and O–H groups in total. The Morgan fingerprint density at radius 3 is 2.20 bits per heavy atom. The van der Waals surface area contributed by atoms with Crippen molar-refractivity contribution in [1.29, 1.82) is 0 Å². The Morgan fingerprint density at radius 1 is 1.20 bits per heavy atom. The number of hydrogen-bond donors (Lipinski definition) is 1. The van der Waals surface area contributed by atoms with E-state index in [4.69, 9.17) is 9.84 Å². The Morgan fingerprint density at radius 2 is 1.75 bits per heavy atom. The highest BCUT2D eigenvalue weighted by molar-refractivity contribution is 5.73. The molecule has 0 bridgehead atoms. The van der Waals surface area contributed by atoms with Crippen molar-refractivity contribution < 1.29 is 27.8 Å². The summed E-state index contributed by atoms with van der Waals surface area (Å²) in [7, 11) is 0. The van der Waals surface area contributed by atoms with Crippen LogP contribution in [0.2, 0.25) is 0 Å². The minimum Gasteiger partial charge on any atom is -0.494 e. The van der Waals surface area contributed by atoms with Gasteiger partial charge < -0.3 is 9.84 Å². The molecular weight excluding hydrogens is 273 g/mol. The van der Waals surface area contributed by atoms with Gasteiger partial charge in [0.2, 0.25) is 0 Å². The Labute approximate surface area is 115 Å². The lowest BCUT2D eigenvalue weighted by atomic mass is 9.88. The summed E-state index contributed by atoms with van der Waals surface area (Å²) in [5, 5.41) is 8.92. The number of carboxylic acids is 1. The van der Waals surface area contributed by atoms with Gasteiger partial charge in [0.15, 0.2) is 0 Å². The molecular formula is C14H17F3O3. The number of rotatable bonds is 6. The van der Waals surface area contributed by atoms with Crippen LogP contribution in [-0.2, 0) is 11.0 Å². The van der Waals surface area contributed by atoms with Crippen molar-refractivity contribution in [3.05, 3.63) is 29.8 Å². The summed E-state index contributed by atoms with van der Waals surface area (Å²) in [5.74, 6) is -0.543. The first-order valence-corrected chi connectivity index (χ1v) is 6.16. The number of carbonyl (C=O) groups is 1. The van der Waals surface area contributed by atoms with Gasteiger partial charge in [-0.1, -0.05) is 0 Å². The van der Waals surface area contributed by atoms with Gasteiger partial charge in [-0.3, -0.25) is 4.79 Å². The van der Waals surface area contributed by atoms with E-state index in [1.165, 1.54) is 12.1 Å². The Kier molecular flexibility index (Phi) is 5.03. The molecule has 0 spiro atoms. The maximum Gasteiger partial charge on any atom is 0.416 e. The Balaban J connectivity index is 2.42. The molecule has 0 heterocycles. The van der Waals surface area contributed by atoms with Gasteiger partial charge in [0.25, 0.3) is 0 Å². The highest BCUT2D eigenvalue weighted by Crippen LogP contribution is 2.30. The van der Waals surface area contributed by atoms with Crippen LogP contribution < -0.4 is 4.74 Å². The molecule has 0 aliphatic carbocycles. The summed E-state index contributed by atoms with van der Waals surface area (Å²) in [6, 6.07) is 4.42. The van der Waals surface area contributed by atoms with E-state index in [1.807, 2.05) is 0 Å². The summed E-state index contributed by atoms with van der Waals surface area (Å²) >= 11 is 0. The minimum atomic E-state index is -4.36. The zero-order valence-corrected chi connectivity index (χ0v) is 11.3. The molecule has 6 heteroatoms. The maximum absolute atomic E-state index is 12.3. The molecule has 1 aromatic rings. The lowest BCUT2D eigenvalue weighted by molar-refractivity contribution is -0.147. The Bertz CT molecular complexity index is 450. The fourth-order valence-electron chi connectivity index (χ4n) is 1.55. The highest BCUT2D eigenvalue weighted by atomic mass is 19.4. The average molecular weight is 290 g/mol. The first-order valence-electron chi connectivity index (χ1n) is 6.16. The van der Waals surface area contributed by atoms with E-state index < -0.39 is 23.1 Å². The van der Waals surface area contributed by atoms with Crippen LogP contribution in [0.3, 0.4) is 0 Å². The van der Waals surface area contributed by atoms with Crippen molar-refractivity contribution in [3.8, 4) is 5.75 Å². The lowest BCUT2D eigenvalue weighted by Crippen LogP contribution is -2.24. The SMILES string of the molecule is CC(C)(CCCOc1ccc(C(F)(F)F)cc1)C(=O)O. The third-order valence-corrected chi connectivity index (χ3v) is 2.98. The molecule has 0 unspecified atom stereocenters. The van der Waals surface area contributed by atoms with Gasteiger partial charge in [-0.15, -0.1) is 0 Å². The second-order valence-electron chi connectivity index (χ2n) is 5.16. The monoisotopic (exact) mass is 290 g/mol. The molecule has 0 fully saturated rings. The number of halogens is 3. The first kappa shape index (κ1) is 16.3. The van der Waals surface area contributed by atoms with Gasteiger partial charge in [-0.05, 0) is 51.0 Å². The first-order chi connectivity index (χ1) is 9.13. The molecule has 0 amide bonds. The number of aliphatic carboxylic acids is 1. The van der Waals surface area contributed by atoms with E-state index in [1.54, 1.807) is 13.8 Å². The largest absolute Gasteiger partial charge is 0.494 e. The number of alkyl halides is 3. The zero-order chi connectivity index (χ0) is 15.4. The normalized spacial score (nSPS) is 12.2. The molecule has 3 nitrogen and oxygen atoms in total. The second kappa shape index (κ2) is 6.15. The highest BCUT2D eigenvalue weighted by Gasteiger charge is 2.30. The van der Waals surface area contributed by atoms with Gasteiger partial charge in [0, 0.05) is 0 Å². The number of hydrogen-bond acceptors (Lipinski definition) is 2. The summed E-state index contributed by atoms with van der Waals surface area (Å²) < 4.78 is 42.3. The molecule has 0 radical (unpaired) electrons. The Hall–Kier alpha value is -1.72. The standard InChI is InChI=1S/C14H17F3O3/c1-13(2,12(18)19)8-3-9-20-11-6-4-10(5-7-11)14(15,16)17/h4-7H,3,8-9H2,1-2H3,(H,18,19). The summed E-state index contributed by atoms with van der Waals surface area (Å²) in [6.45, 7) is 3.50. The number of ether oxygens (including phenoxy) is 1. The lowest BCUT2D eigenvalue weighted by Gasteiger charge is -2.18. The second-order valence-corrected chi connectivity index (χ2v) is 5.16. The van der Waals surface area contributed by atoms with Crippen molar-refractivity contribution >= 4 is 5.97 Å². The molecule has 1 rings (SSSR count). The van der Waals surface area contributed by atoms with Crippen molar-refractivity contribution in [2.24, 2.45) is 5.41 Å². The summed E-state index contributed by atoms with van der Waals surface area (Å²) in [5.41, 5.74) is -1.55. The van der Waals surface area contributed by atoms with Crippen LogP contribution in [0.25, 0.3) is 0 Å². The molecule has 0 aliphatic heterocycles. The van der Waals surface area contributed by atoms with Crippen LogP contribution in [-0.4, -0.2) is 17.7 Å². The molecule has 112 valence electrons. The van der Waals surface area contributed by atoms with Gasteiger partial charge >= 0.3 is 12.1 Å². The van der Waals surface area contributed by atoms with Crippen LogP contribution in [0, 0.1) is 5.41 Å². The van der Waals surface area contributed by atoms with E-state index in [-0.39, 0.29) is 6.61 Å². The molecule has 1 aromatic carbocycles. The van der Waals surface area contributed by atoms with Crippen molar-refractivity contribution in [3.63, 3.8) is 0 Å². The molecule has 0 saturated carbocycles. The predicted octanol–water partition coefficient (Wildman–Crippen LogP) is 3.98. The predicted molar refractivity (Wildman–Crippen MR) is 67.6 cm³/mol. The van der Waals surface area contributed by atoms with Gasteiger partial charge in [-0.25, -0.2) is 0 Å². The summed E-state index contributed by atoms with van der Waals surface area (Å²) in [6.07, 6.45) is -3.41. The fourth-order valence-corrected chi connectivity index (χ4v) is 1.55. The van der Waals surface area contributed by atoms with E-state index in [0.29, 0.717) is 18.6 Å². The van der Waals surface area contributed by atoms with Crippen LogP contribution in [0.1, 0.15) is 32.3 Å². The minimum absolute atomic E-state index is 0.266. The van der Waals surface area contributed by atoms with E-state index >= 15 is 0 Å². The molecule has 20 heavy (non-hydrogen) atoms. The van der Waals surface area contributed by atoms with E-state index in [9.17, 15) is 18.0 Å². The third-order valence-electron chi connectivity index (χ3n) is 2.98. The maximum atomic E-state index is 12.3. The fraction of sp³-hybridized carbons (Fsp3) is 0.500. The smallest absolute Gasteiger partial charge is 0.416 e. The van der Waals surface area contributed by atoms with Crippen molar-refractivity contribution in [2.45, 2.75) is 32.9 Å². The van der Waals surface area contributed by atoms with Crippen LogP contribution >= 0.6 is 0 Å². The van der Waals surface area contributed by atoms with Crippen molar-refractivity contribution in [1.82, 2.24) is 0 Å². The van der Waals surface area contributed by atoms with Gasteiger partial charge in [-0.2, -0.15) is 13.2 Å². The topological polar surface area (TPSA) is 46.5 Å². The van der Waals surface area contributed by atoms with Crippen LogP contribution in [0.4, 0.5) is 13.2 Å². The van der Waals surface area contributed by atoms with Gasteiger partial charge in [0.05, 0.1) is 17.6 Å². The third kappa shape index (κ3) is 4.75. The van der Waals surface area contributed by atoms with Crippen LogP contribution in [0.15, 0.2) is 24.3 Å². The average Bonchev–Trinajstić information content (AvgIpc) is 2.34. The van der Waals surface area contributed by atoms with Gasteiger partial charge in [0.1, 0.15) is 5.75 Å². The number of carboxylic acid groups (broad SMARTS) is 1. The zero-order valence-electron chi connectivity index (χ0n) is 11.3. The van der Waals surface area contributed by atoms with Crippen molar-refractivity contribution in [2.75, 3.05) is 6.61 Å². The van der Waals surface area contributed by atoms with Crippen LogP contribution in [0.5, 0.6) is 5.75 Å². The molecule has 0 saturated heterocycles. The van der Waals surface area contributed by atoms with E-state index in [0.717, 1.165) is 12.1 Å². The molecule has 0 atom stereocenters. The quantitative estimate of drug-likeness (QED) is 0.806. The summed E-state index contributed by atoms with van der Waals surface area (Å²) in [4.78, 5) is 10.9.